The lowest BCUT2D eigenvalue weighted by Gasteiger charge is -2.09. The van der Waals surface area contributed by atoms with Crippen molar-refractivity contribution in [1.82, 2.24) is 5.32 Å². The number of hydrogen-bond acceptors (Lipinski definition) is 2. The van der Waals surface area contributed by atoms with Crippen LogP contribution in [-0.4, -0.2) is 18.6 Å². The molecule has 0 amide bonds. The van der Waals surface area contributed by atoms with Gasteiger partial charge in [-0.25, -0.2) is 0 Å². The van der Waals surface area contributed by atoms with Crippen molar-refractivity contribution in [3.05, 3.63) is 34.9 Å². The van der Waals surface area contributed by atoms with Gasteiger partial charge in [0.1, 0.15) is 0 Å². The van der Waals surface area contributed by atoms with Gasteiger partial charge < -0.3 is 5.32 Å². The van der Waals surface area contributed by atoms with Gasteiger partial charge in [0.05, 0.1) is 0 Å². The number of aryl methyl sites for hydroxylation is 1. The topological polar surface area (TPSA) is 12.0 Å². The molecule has 0 saturated heterocycles. The van der Waals surface area contributed by atoms with Crippen molar-refractivity contribution >= 4 is 11.8 Å². The zero-order valence-electron chi connectivity index (χ0n) is 9.97. The smallest absolute Gasteiger partial charge is 0.0208 e. The van der Waals surface area contributed by atoms with Crippen LogP contribution in [0.25, 0.3) is 0 Å². The molecule has 2 heteroatoms. The van der Waals surface area contributed by atoms with Gasteiger partial charge in [0.2, 0.25) is 0 Å². The van der Waals surface area contributed by atoms with Crippen LogP contribution in [0.15, 0.2) is 18.2 Å². The molecule has 1 nitrogen and oxygen atoms in total. The summed E-state index contributed by atoms with van der Waals surface area (Å²) in [6.45, 7) is 6.50. The zero-order valence-corrected chi connectivity index (χ0v) is 10.8. The maximum Gasteiger partial charge on any atom is 0.0208 e. The lowest BCUT2D eigenvalue weighted by molar-refractivity contribution is 0.676. The summed E-state index contributed by atoms with van der Waals surface area (Å²) >= 11 is 1.91. The molecule has 0 spiro atoms. The zero-order chi connectivity index (χ0) is 11.1. The average molecular weight is 223 g/mol. The summed E-state index contributed by atoms with van der Waals surface area (Å²) in [4.78, 5) is 0. The van der Waals surface area contributed by atoms with E-state index in [0.717, 1.165) is 13.1 Å². The van der Waals surface area contributed by atoms with Crippen LogP contribution in [0.4, 0.5) is 0 Å². The quantitative estimate of drug-likeness (QED) is 0.744. The minimum Gasteiger partial charge on any atom is -0.313 e. The first kappa shape index (κ1) is 12.6. The highest BCUT2D eigenvalue weighted by Gasteiger charge is 1.99. The van der Waals surface area contributed by atoms with E-state index >= 15 is 0 Å². The summed E-state index contributed by atoms with van der Waals surface area (Å²) in [5.41, 5.74) is 4.24. The highest BCUT2D eigenvalue weighted by molar-refractivity contribution is 7.98. The van der Waals surface area contributed by atoms with Crippen LogP contribution < -0.4 is 5.32 Å². The number of benzene rings is 1. The Morgan fingerprint density at radius 1 is 1.27 bits per heavy atom. The Labute approximate surface area is 97.7 Å². The van der Waals surface area contributed by atoms with Crippen molar-refractivity contribution < 1.29 is 0 Å². The van der Waals surface area contributed by atoms with Gasteiger partial charge in [0, 0.05) is 6.54 Å². The lowest BCUT2D eigenvalue weighted by Crippen LogP contribution is -2.16. The second-order valence-electron chi connectivity index (χ2n) is 3.88. The van der Waals surface area contributed by atoms with Crippen LogP contribution in [-0.2, 0) is 6.54 Å². The summed E-state index contributed by atoms with van der Waals surface area (Å²) in [5, 5.41) is 3.49. The van der Waals surface area contributed by atoms with Gasteiger partial charge in [-0.05, 0) is 55.5 Å². The molecule has 0 bridgehead atoms. The Morgan fingerprint density at radius 2 is 2.07 bits per heavy atom. The molecule has 0 aliphatic rings. The Kier molecular flexibility index (Phi) is 5.81. The van der Waals surface area contributed by atoms with Crippen LogP contribution in [0.3, 0.4) is 0 Å². The minimum atomic E-state index is 1.00. The van der Waals surface area contributed by atoms with Gasteiger partial charge in [-0.2, -0.15) is 11.8 Å². The van der Waals surface area contributed by atoms with Crippen LogP contribution in [0.1, 0.15) is 23.1 Å². The number of nitrogens with one attached hydrogen (secondary N) is 1. The van der Waals surface area contributed by atoms with Gasteiger partial charge in [0.15, 0.2) is 0 Å². The molecular weight excluding hydrogens is 202 g/mol. The molecule has 0 aliphatic carbocycles. The molecule has 0 saturated carbocycles. The Hall–Kier alpha value is -0.470. The van der Waals surface area contributed by atoms with Crippen LogP contribution in [0.5, 0.6) is 0 Å². The first-order chi connectivity index (χ1) is 7.25. The molecular formula is C13H21NS. The Bertz CT molecular complexity index is 297. The summed E-state index contributed by atoms with van der Waals surface area (Å²) in [6, 6.07) is 6.53. The third-order valence-electron chi connectivity index (χ3n) is 2.73. The Balaban J connectivity index is 2.34. The first-order valence-corrected chi connectivity index (χ1v) is 6.90. The van der Waals surface area contributed by atoms with Crippen LogP contribution >= 0.6 is 11.8 Å². The third-order valence-corrected chi connectivity index (χ3v) is 3.43. The van der Waals surface area contributed by atoms with Gasteiger partial charge in [-0.3, -0.25) is 0 Å². The van der Waals surface area contributed by atoms with Crippen molar-refractivity contribution in [3.8, 4) is 0 Å². The van der Waals surface area contributed by atoms with E-state index in [2.05, 4.69) is 43.6 Å². The van der Waals surface area contributed by atoms with E-state index in [1.165, 1.54) is 28.9 Å². The van der Waals surface area contributed by atoms with Crippen molar-refractivity contribution in [2.45, 2.75) is 26.8 Å². The largest absolute Gasteiger partial charge is 0.313 e. The normalized spacial score (nSPS) is 10.6. The fraction of sp³-hybridized carbons (Fsp3) is 0.538. The van der Waals surface area contributed by atoms with Crippen molar-refractivity contribution in [2.75, 3.05) is 18.6 Å². The summed E-state index contributed by atoms with van der Waals surface area (Å²) in [7, 11) is 0. The third kappa shape index (κ3) is 4.27. The van der Waals surface area contributed by atoms with E-state index in [4.69, 9.17) is 0 Å². The Morgan fingerprint density at radius 3 is 2.80 bits per heavy atom. The molecule has 15 heavy (non-hydrogen) atoms. The standard InChI is InChI=1S/C13H21NS/c1-11-6-4-7-13(12(11)2)10-14-8-5-9-15-3/h4,6-7,14H,5,8-10H2,1-3H3. The number of rotatable bonds is 6. The van der Waals surface area contributed by atoms with Gasteiger partial charge in [0.25, 0.3) is 0 Å². The highest BCUT2D eigenvalue weighted by Crippen LogP contribution is 2.12. The number of hydrogen-bond donors (Lipinski definition) is 1. The molecule has 0 fully saturated rings. The molecule has 0 aliphatic heterocycles. The summed E-state index contributed by atoms with van der Waals surface area (Å²) in [5.74, 6) is 1.25. The average Bonchev–Trinajstić information content (AvgIpc) is 2.24. The minimum absolute atomic E-state index is 1.00. The lowest BCUT2D eigenvalue weighted by atomic mass is 10.0. The predicted molar refractivity (Wildman–Crippen MR) is 70.6 cm³/mol. The molecule has 1 rings (SSSR count). The van der Waals surface area contributed by atoms with Crippen molar-refractivity contribution in [2.24, 2.45) is 0 Å². The SMILES string of the molecule is CSCCCNCc1cccc(C)c1C. The highest BCUT2D eigenvalue weighted by atomic mass is 32.2. The summed E-state index contributed by atoms with van der Waals surface area (Å²) < 4.78 is 0. The maximum atomic E-state index is 3.49. The fourth-order valence-electron chi connectivity index (χ4n) is 1.57. The molecule has 84 valence electrons. The molecule has 0 radical (unpaired) electrons. The van der Waals surface area contributed by atoms with E-state index in [0.29, 0.717) is 0 Å². The monoisotopic (exact) mass is 223 g/mol. The van der Waals surface area contributed by atoms with E-state index in [9.17, 15) is 0 Å². The van der Waals surface area contributed by atoms with Crippen molar-refractivity contribution in [3.63, 3.8) is 0 Å². The molecule has 1 N–H and O–H groups in total. The van der Waals surface area contributed by atoms with E-state index in [1.807, 2.05) is 11.8 Å². The van der Waals surface area contributed by atoms with Gasteiger partial charge in [-0.15, -0.1) is 0 Å². The van der Waals surface area contributed by atoms with Crippen LogP contribution in [0.2, 0.25) is 0 Å². The number of thioether (sulfide) groups is 1. The first-order valence-electron chi connectivity index (χ1n) is 5.50. The molecule has 0 heterocycles. The molecule has 1 aromatic carbocycles. The van der Waals surface area contributed by atoms with Crippen LogP contribution in [0, 0.1) is 13.8 Å². The van der Waals surface area contributed by atoms with E-state index < -0.39 is 0 Å². The molecule has 0 unspecified atom stereocenters. The predicted octanol–water partition coefficient (Wildman–Crippen LogP) is 3.15. The second-order valence-corrected chi connectivity index (χ2v) is 4.87. The molecule has 0 aromatic heterocycles. The van der Waals surface area contributed by atoms with E-state index in [-0.39, 0.29) is 0 Å². The molecule has 0 atom stereocenters. The second kappa shape index (κ2) is 6.91. The maximum absolute atomic E-state index is 3.49. The van der Waals surface area contributed by atoms with E-state index in [1.54, 1.807) is 0 Å². The summed E-state index contributed by atoms with van der Waals surface area (Å²) in [6.07, 6.45) is 3.41. The van der Waals surface area contributed by atoms with Crippen molar-refractivity contribution in [1.29, 1.82) is 0 Å². The van der Waals surface area contributed by atoms with Gasteiger partial charge >= 0.3 is 0 Å². The molecule has 1 aromatic rings. The van der Waals surface area contributed by atoms with Gasteiger partial charge in [-0.1, -0.05) is 18.2 Å². The fourth-order valence-corrected chi connectivity index (χ4v) is 2.00.